The van der Waals surface area contributed by atoms with Gasteiger partial charge < -0.3 is 30.4 Å². The van der Waals surface area contributed by atoms with Crippen LogP contribution in [0.15, 0.2) is 30.3 Å². The summed E-state index contributed by atoms with van der Waals surface area (Å²) in [6, 6.07) is 8.97. The molecule has 3 rings (SSSR count). The number of nitrogens with two attached hydrogens (primary N) is 2. The number of hydrogen-bond acceptors (Lipinski definition) is 6. The third kappa shape index (κ3) is 2.46. The van der Waals surface area contributed by atoms with Crippen LogP contribution >= 0.6 is 0 Å². The second kappa shape index (κ2) is 5.77. The molecule has 2 fully saturated rings. The predicted molar refractivity (Wildman–Crippen MR) is 71.6 cm³/mol. The Balaban J connectivity index is 1.74. The molecule has 0 saturated carbocycles. The quantitative estimate of drug-likeness (QED) is 0.800. The van der Waals surface area contributed by atoms with Gasteiger partial charge in [0.15, 0.2) is 12.6 Å². The Bertz CT molecular complexity index is 442. The van der Waals surface area contributed by atoms with E-state index >= 15 is 0 Å². The number of benzene rings is 1. The van der Waals surface area contributed by atoms with Gasteiger partial charge >= 0.3 is 0 Å². The molecule has 6 nitrogen and oxygen atoms in total. The average molecular weight is 280 g/mol. The zero-order valence-corrected chi connectivity index (χ0v) is 11.3. The molecule has 110 valence electrons. The topological polar surface area (TPSA) is 89.0 Å². The fraction of sp³-hybridized carbons (Fsp3) is 0.571. The van der Waals surface area contributed by atoms with Crippen molar-refractivity contribution in [1.29, 1.82) is 0 Å². The number of ether oxygens (including phenoxy) is 4. The molecule has 6 heteroatoms. The van der Waals surface area contributed by atoms with E-state index in [9.17, 15) is 0 Å². The van der Waals surface area contributed by atoms with Gasteiger partial charge in [-0.2, -0.15) is 0 Å². The number of hydrogen-bond donors (Lipinski definition) is 2. The maximum Gasteiger partial charge on any atom is 0.184 e. The van der Waals surface area contributed by atoms with Crippen molar-refractivity contribution in [3.63, 3.8) is 0 Å². The monoisotopic (exact) mass is 280 g/mol. The Morgan fingerprint density at radius 2 is 1.85 bits per heavy atom. The molecule has 2 saturated heterocycles. The van der Waals surface area contributed by atoms with Crippen LogP contribution in [0, 0.1) is 0 Å². The van der Waals surface area contributed by atoms with Gasteiger partial charge in [-0.25, -0.2) is 0 Å². The Labute approximate surface area is 117 Å². The second-order valence-electron chi connectivity index (χ2n) is 5.11. The van der Waals surface area contributed by atoms with E-state index in [2.05, 4.69) is 0 Å². The predicted octanol–water partition coefficient (Wildman–Crippen LogP) is 0.127. The molecule has 2 aliphatic rings. The summed E-state index contributed by atoms with van der Waals surface area (Å²) in [4.78, 5) is 0. The third-order valence-corrected chi connectivity index (χ3v) is 3.81. The van der Waals surface area contributed by atoms with E-state index in [0.29, 0.717) is 6.61 Å². The van der Waals surface area contributed by atoms with Crippen LogP contribution in [-0.4, -0.2) is 44.3 Å². The Morgan fingerprint density at radius 3 is 2.55 bits per heavy atom. The minimum Gasteiger partial charge on any atom is -0.354 e. The average Bonchev–Trinajstić information content (AvgIpc) is 2.51. The van der Waals surface area contributed by atoms with Crippen LogP contribution in [0.4, 0.5) is 0 Å². The first-order chi connectivity index (χ1) is 9.70. The fourth-order valence-electron chi connectivity index (χ4n) is 2.66. The van der Waals surface area contributed by atoms with Gasteiger partial charge in [0, 0.05) is 12.7 Å². The molecular formula is C14H20N2O4. The maximum atomic E-state index is 6.17. The molecule has 0 unspecified atom stereocenters. The molecule has 2 aliphatic heterocycles. The summed E-state index contributed by atoms with van der Waals surface area (Å²) in [5.74, 6) is 0. The largest absolute Gasteiger partial charge is 0.354 e. The van der Waals surface area contributed by atoms with Crippen LogP contribution in [0.2, 0.25) is 0 Å². The molecule has 0 radical (unpaired) electrons. The normalized spacial score (nSPS) is 41.1. The SMILES string of the molecule is CO[C@H]1O[C@@H]2CO[C@@H](c3ccccc3)O[C@H]2[C@H](N)[C@@H]1N. The van der Waals surface area contributed by atoms with Crippen LogP contribution in [-0.2, 0) is 18.9 Å². The van der Waals surface area contributed by atoms with Gasteiger partial charge in [-0.1, -0.05) is 30.3 Å². The molecule has 20 heavy (non-hydrogen) atoms. The summed E-state index contributed by atoms with van der Waals surface area (Å²) < 4.78 is 22.6. The van der Waals surface area contributed by atoms with Crippen LogP contribution < -0.4 is 11.5 Å². The highest BCUT2D eigenvalue weighted by molar-refractivity contribution is 5.16. The summed E-state index contributed by atoms with van der Waals surface area (Å²) >= 11 is 0. The molecule has 0 spiro atoms. The lowest BCUT2D eigenvalue weighted by molar-refractivity contribution is -0.321. The van der Waals surface area contributed by atoms with Crippen LogP contribution in [0.3, 0.4) is 0 Å². The van der Waals surface area contributed by atoms with Gasteiger partial charge in [-0.3, -0.25) is 0 Å². The second-order valence-corrected chi connectivity index (χ2v) is 5.11. The van der Waals surface area contributed by atoms with Crippen molar-refractivity contribution in [1.82, 2.24) is 0 Å². The van der Waals surface area contributed by atoms with Gasteiger partial charge in [0.05, 0.1) is 18.7 Å². The van der Waals surface area contributed by atoms with Gasteiger partial charge in [-0.05, 0) is 0 Å². The first kappa shape index (κ1) is 13.9. The summed E-state index contributed by atoms with van der Waals surface area (Å²) in [5.41, 5.74) is 13.2. The van der Waals surface area contributed by atoms with E-state index in [0.717, 1.165) is 5.56 Å². The zero-order valence-electron chi connectivity index (χ0n) is 11.3. The maximum absolute atomic E-state index is 6.17. The lowest BCUT2D eigenvalue weighted by atomic mass is 9.94. The summed E-state index contributed by atoms with van der Waals surface area (Å²) in [5, 5.41) is 0. The highest BCUT2D eigenvalue weighted by atomic mass is 16.7. The van der Waals surface area contributed by atoms with E-state index in [-0.39, 0.29) is 18.2 Å². The van der Waals surface area contributed by atoms with Gasteiger partial charge in [0.2, 0.25) is 0 Å². The smallest absolute Gasteiger partial charge is 0.184 e. The number of rotatable bonds is 2. The van der Waals surface area contributed by atoms with Crippen molar-refractivity contribution >= 4 is 0 Å². The highest BCUT2D eigenvalue weighted by Crippen LogP contribution is 2.32. The van der Waals surface area contributed by atoms with Crippen LogP contribution in [0.1, 0.15) is 11.9 Å². The van der Waals surface area contributed by atoms with Crippen molar-refractivity contribution in [3.05, 3.63) is 35.9 Å². The zero-order chi connectivity index (χ0) is 14.1. The number of fused-ring (bicyclic) bond motifs is 1. The number of methoxy groups -OCH3 is 1. The fourth-order valence-corrected chi connectivity index (χ4v) is 2.66. The molecule has 0 bridgehead atoms. The third-order valence-electron chi connectivity index (χ3n) is 3.81. The molecule has 1 aromatic carbocycles. The summed E-state index contributed by atoms with van der Waals surface area (Å²) in [6.45, 7) is 0.407. The van der Waals surface area contributed by atoms with Crippen molar-refractivity contribution in [3.8, 4) is 0 Å². The van der Waals surface area contributed by atoms with Crippen molar-refractivity contribution in [2.24, 2.45) is 11.5 Å². The molecule has 0 aliphatic carbocycles. The molecule has 1 aromatic rings. The molecule has 2 heterocycles. The molecule has 6 atom stereocenters. The van der Waals surface area contributed by atoms with Crippen LogP contribution in [0.5, 0.6) is 0 Å². The van der Waals surface area contributed by atoms with Crippen molar-refractivity contribution in [2.75, 3.05) is 13.7 Å². The van der Waals surface area contributed by atoms with Crippen molar-refractivity contribution in [2.45, 2.75) is 36.9 Å². The molecular weight excluding hydrogens is 260 g/mol. The molecule has 0 aromatic heterocycles. The lowest BCUT2D eigenvalue weighted by Crippen LogP contribution is -2.67. The first-order valence-electron chi connectivity index (χ1n) is 6.72. The first-order valence-corrected chi connectivity index (χ1v) is 6.72. The van der Waals surface area contributed by atoms with Gasteiger partial charge in [0.25, 0.3) is 0 Å². The van der Waals surface area contributed by atoms with Crippen LogP contribution in [0.25, 0.3) is 0 Å². The lowest BCUT2D eigenvalue weighted by Gasteiger charge is -2.47. The summed E-state index contributed by atoms with van der Waals surface area (Å²) in [6.07, 6.45) is -1.50. The van der Waals surface area contributed by atoms with E-state index in [4.69, 9.17) is 30.4 Å². The minimum atomic E-state index is -0.522. The van der Waals surface area contributed by atoms with Gasteiger partial charge in [0.1, 0.15) is 12.2 Å². The van der Waals surface area contributed by atoms with E-state index in [1.807, 2.05) is 30.3 Å². The minimum absolute atomic E-state index is 0.255. The molecule has 4 N–H and O–H groups in total. The highest BCUT2D eigenvalue weighted by Gasteiger charge is 2.47. The summed E-state index contributed by atoms with van der Waals surface area (Å²) in [7, 11) is 1.55. The Morgan fingerprint density at radius 1 is 1.10 bits per heavy atom. The van der Waals surface area contributed by atoms with Gasteiger partial charge in [-0.15, -0.1) is 0 Å². The molecule has 0 amide bonds. The standard InChI is InChI=1S/C14H20N2O4/c1-17-14-11(16)10(15)12-9(19-14)7-18-13(20-12)8-5-3-2-4-6-8/h2-6,9-14H,7,15-16H2,1H3/t9-,10-,11+,12-,13-,14+/m1/s1. The Hall–Kier alpha value is -1.02. The van der Waals surface area contributed by atoms with E-state index in [1.165, 1.54) is 0 Å². The van der Waals surface area contributed by atoms with Crippen molar-refractivity contribution < 1.29 is 18.9 Å². The van der Waals surface area contributed by atoms with E-state index in [1.54, 1.807) is 7.11 Å². The Kier molecular flexibility index (Phi) is 4.02. The van der Waals surface area contributed by atoms with E-state index < -0.39 is 18.6 Å².